The van der Waals surface area contributed by atoms with Gasteiger partial charge in [-0.15, -0.1) is 0 Å². The Morgan fingerprint density at radius 2 is 1.04 bits per heavy atom. The van der Waals surface area contributed by atoms with Crippen LogP contribution in [0.25, 0.3) is 0 Å². The molecule has 2 aromatic carbocycles. The van der Waals surface area contributed by atoms with E-state index >= 15 is 0 Å². The average molecular weight is 403 g/mol. The number of benzene rings is 2. The molecule has 0 atom stereocenters. The van der Waals surface area contributed by atoms with Crippen molar-refractivity contribution in [1.29, 1.82) is 0 Å². The first-order chi connectivity index (χ1) is 12.7. The van der Waals surface area contributed by atoms with Crippen LogP contribution in [0.3, 0.4) is 0 Å². The van der Waals surface area contributed by atoms with E-state index in [0.29, 0.717) is 0 Å². The molecule has 3 nitrogen and oxygen atoms in total. The highest BCUT2D eigenvalue weighted by Gasteiger charge is 2.36. The highest BCUT2D eigenvalue weighted by Crippen LogP contribution is 2.46. The second kappa shape index (κ2) is 7.88. The first-order valence-electron chi connectivity index (χ1n) is 9.76. The van der Waals surface area contributed by atoms with Gasteiger partial charge in [-0.3, -0.25) is 4.52 Å². The quantitative estimate of drug-likeness (QED) is 0.583. The van der Waals surface area contributed by atoms with Crippen molar-refractivity contribution in [1.82, 2.24) is 0 Å². The van der Waals surface area contributed by atoms with Gasteiger partial charge in [0.15, 0.2) is 0 Å². The van der Waals surface area contributed by atoms with E-state index in [9.17, 15) is 9.79 Å². The zero-order valence-corrected chi connectivity index (χ0v) is 19.6. The standard InChI is InChI=1S/C24H35O3P/c1-16-14-18(22(3,4)5)10-12-20(16)24(9,27-28(25)26)21-13-11-19(15-17(21)2)23(6,7)8/h10-15,25-26H,1-9H3. The van der Waals surface area contributed by atoms with E-state index in [1.165, 1.54) is 11.1 Å². The van der Waals surface area contributed by atoms with Crippen molar-refractivity contribution in [2.24, 2.45) is 0 Å². The SMILES string of the molecule is Cc1cc(C(C)(C)C)ccc1C(C)(OP(O)O)c1ccc(C(C)(C)C)cc1C. The maximum absolute atomic E-state index is 9.76. The van der Waals surface area contributed by atoms with E-state index in [2.05, 4.69) is 91.8 Å². The molecule has 154 valence electrons. The molecule has 0 heterocycles. The molecule has 0 spiro atoms. The predicted molar refractivity (Wildman–Crippen MR) is 119 cm³/mol. The Morgan fingerprint density at radius 1 is 0.679 bits per heavy atom. The lowest BCUT2D eigenvalue weighted by molar-refractivity contribution is 0.108. The third-order valence-electron chi connectivity index (χ3n) is 5.48. The highest BCUT2D eigenvalue weighted by atomic mass is 31.2. The summed E-state index contributed by atoms with van der Waals surface area (Å²) < 4.78 is 5.80. The van der Waals surface area contributed by atoms with Crippen molar-refractivity contribution >= 4 is 8.60 Å². The Labute approximate surface area is 171 Å². The topological polar surface area (TPSA) is 49.7 Å². The zero-order chi connectivity index (χ0) is 21.5. The zero-order valence-electron chi connectivity index (χ0n) is 18.7. The van der Waals surface area contributed by atoms with Gasteiger partial charge in [0.2, 0.25) is 0 Å². The molecule has 0 saturated heterocycles. The van der Waals surface area contributed by atoms with E-state index in [1.807, 2.05) is 6.92 Å². The third kappa shape index (κ3) is 4.83. The van der Waals surface area contributed by atoms with Crippen molar-refractivity contribution < 1.29 is 14.3 Å². The third-order valence-corrected chi connectivity index (χ3v) is 6.01. The van der Waals surface area contributed by atoms with Gasteiger partial charge in [0.25, 0.3) is 0 Å². The van der Waals surface area contributed by atoms with Crippen LogP contribution in [0.15, 0.2) is 36.4 Å². The molecule has 0 aromatic heterocycles. The van der Waals surface area contributed by atoms with Gasteiger partial charge in [-0.1, -0.05) is 77.9 Å². The molecule has 0 bridgehead atoms. The van der Waals surface area contributed by atoms with Crippen LogP contribution in [0, 0.1) is 13.8 Å². The van der Waals surface area contributed by atoms with Gasteiger partial charge in [0.1, 0.15) is 5.60 Å². The molecule has 0 aliphatic rings. The minimum atomic E-state index is -2.52. The summed E-state index contributed by atoms with van der Waals surface area (Å²) in [6, 6.07) is 12.7. The smallest absolute Gasteiger partial charge is 0.328 e. The monoisotopic (exact) mass is 402 g/mol. The van der Waals surface area contributed by atoms with Gasteiger partial charge in [-0.2, -0.15) is 0 Å². The molecule has 0 aliphatic carbocycles. The van der Waals surface area contributed by atoms with Crippen LogP contribution in [-0.4, -0.2) is 9.79 Å². The van der Waals surface area contributed by atoms with Crippen LogP contribution in [0.2, 0.25) is 0 Å². The van der Waals surface area contributed by atoms with Gasteiger partial charge in [-0.05, 0) is 65.0 Å². The maximum Gasteiger partial charge on any atom is 0.328 e. The Bertz CT molecular complexity index is 778. The molecular formula is C24H35O3P. The van der Waals surface area contributed by atoms with Crippen molar-refractivity contribution in [3.05, 3.63) is 69.8 Å². The average Bonchev–Trinajstić information content (AvgIpc) is 2.51. The van der Waals surface area contributed by atoms with Gasteiger partial charge >= 0.3 is 8.60 Å². The van der Waals surface area contributed by atoms with Crippen LogP contribution in [0.5, 0.6) is 0 Å². The first kappa shape index (κ1) is 23.0. The van der Waals surface area contributed by atoms with E-state index in [1.54, 1.807) is 0 Å². The molecule has 0 radical (unpaired) electrons. The highest BCUT2D eigenvalue weighted by molar-refractivity contribution is 7.39. The van der Waals surface area contributed by atoms with Crippen LogP contribution >= 0.6 is 8.60 Å². The van der Waals surface area contributed by atoms with Gasteiger partial charge in [0, 0.05) is 0 Å². The first-order valence-corrected chi connectivity index (χ1v) is 10.9. The normalized spacial score (nSPS) is 13.3. The second-order valence-corrected chi connectivity index (χ2v) is 10.6. The second-order valence-electron chi connectivity index (χ2n) is 9.94. The number of hydrogen-bond donors (Lipinski definition) is 2. The lowest BCUT2D eigenvalue weighted by atomic mass is 9.78. The molecule has 0 saturated carbocycles. The minimum Gasteiger partial charge on any atom is -0.328 e. The molecule has 0 amide bonds. The number of rotatable bonds is 4. The summed E-state index contributed by atoms with van der Waals surface area (Å²) in [6.07, 6.45) is 0. The summed E-state index contributed by atoms with van der Waals surface area (Å²) in [6.45, 7) is 19.2. The van der Waals surface area contributed by atoms with Gasteiger partial charge in [0.05, 0.1) is 0 Å². The largest absolute Gasteiger partial charge is 0.328 e. The molecule has 2 N–H and O–H groups in total. The van der Waals surface area contributed by atoms with E-state index in [4.69, 9.17) is 4.52 Å². The summed E-state index contributed by atoms with van der Waals surface area (Å²) in [7, 11) is -2.52. The molecule has 2 rings (SSSR count). The summed E-state index contributed by atoms with van der Waals surface area (Å²) in [5.41, 5.74) is 5.67. The van der Waals surface area contributed by atoms with Crippen molar-refractivity contribution in [3.63, 3.8) is 0 Å². The van der Waals surface area contributed by atoms with Crippen molar-refractivity contribution in [3.8, 4) is 0 Å². The fourth-order valence-corrected chi connectivity index (χ4v) is 4.26. The summed E-state index contributed by atoms with van der Waals surface area (Å²) >= 11 is 0. The van der Waals surface area contributed by atoms with Crippen LogP contribution in [0.4, 0.5) is 0 Å². The van der Waals surface area contributed by atoms with Crippen molar-refractivity contribution in [2.75, 3.05) is 0 Å². The fourth-order valence-electron chi connectivity index (χ4n) is 3.74. The summed E-state index contributed by atoms with van der Waals surface area (Å²) in [5, 5.41) is 0. The number of hydrogen-bond acceptors (Lipinski definition) is 3. The fraction of sp³-hybridized carbons (Fsp3) is 0.500. The number of aryl methyl sites for hydroxylation is 2. The Hall–Kier alpha value is -1.25. The van der Waals surface area contributed by atoms with Gasteiger partial charge < -0.3 is 9.79 Å². The molecule has 4 heteroatoms. The van der Waals surface area contributed by atoms with E-state index in [-0.39, 0.29) is 10.8 Å². The summed E-state index contributed by atoms with van der Waals surface area (Å²) in [4.78, 5) is 19.5. The predicted octanol–water partition coefficient (Wildman–Crippen LogP) is 6.39. The van der Waals surface area contributed by atoms with Crippen LogP contribution < -0.4 is 0 Å². The lowest BCUT2D eigenvalue weighted by Crippen LogP contribution is -2.28. The van der Waals surface area contributed by atoms with E-state index in [0.717, 1.165) is 22.3 Å². The van der Waals surface area contributed by atoms with E-state index < -0.39 is 14.2 Å². The van der Waals surface area contributed by atoms with Gasteiger partial charge in [-0.25, -0.2) is 0 Å². The Morgan fingerprint density at radius 3 is 1.29 bits per heavy atom. The van der Waals surface area contributed by atoms with Crippen LogP contribution in [0.1, 0.15) is 81.8 Å². The molecule has 0 unspecified atom stereocenters. The molecular weight excluding hydrogens is 367 g/mol. The van der Waals surface area contributed by atoms with Crippen LogP contribution in [-0.2, 0) is 21.0 Å². The maximum atomic E-state index is 9.76. The lowest BCUT2D eigenvalue weighted by Gasteiger charge is -2.35. The Kier molecular flexibility index (Phi) is 6.48. The van der Waals surface area contributed by atoms with Crippen molar-refractivity contribution in [2.45, 2.75) is 78.7 Å². The Balaban J connectivity index is 2.66. The molecule has 2 aromatic rings. The molecule has 0 fully saturated rings. The summed E-state index contributed by atoms with van der Waals surface area (Å²) in [5.74, 6) is 0. The molecule has 0 aliphatic heterocycles. The molecule has 28 heavy (non-hydrogen) atoms. The minimum absolute atomic E-state index is 0.0470.